The van der Waals surface area contributed by atoms with Crippen molar-refractivity contribution in [2.24, 2.45) is 23.1 Å². The first kappa shape index (κ1) is 27.3. The van der Waals surface area contributed by atoms with Crippen LogP contribution in [0, 0.1) is 5.92 Å². The lowest BCUT2D eigenvalue weighted by molar-refractivity contribution is -0.138. The molecule has 0 aliphatic heterocycles. The first-order chi connectivity index (χ1) is 14.0. The number of rotatable bonds is 15. The molecule has 0 aromatic rings. The average Bonchev–Trinajstić information content (AvgIpc) is 2.63. The van der Waals surface area contributed by atoms with Crippen LogP contribution in [0.3, 0.4) is 0 Å². The highest BCUT2D eigenvalue weighted by molar-refractivity contribution is 5.94. The van der Waals surface area contributed by atoms with E-state index in [1.807, 2.05) is 13.8 Å². The smallest absolute Gasteiger partial charge is 0.322 e. The molecule has 0 spiro atoms. The van der Waals surface area contributed by atoms with Crippen molar-refractivity contribution in [2.45, 2.75) is 64.1 Å². The Bertz CT molecular complexity index is 612. The van der Waals surface area contributed by atoms with Crippen molar-refractivity contribution in [3.05, 3.63) is 0 Å². The second-order valence-corrected chi connectivity index (χ2v) is 7.42. The normalized spacial score (nSPS) is 13.8. The van der Waals surface area contributed by atoms with E-state index in [2.05, 4.69) is 16.0 Å². The molecule has 0 rings (SSSR count). The van der Waals surface area contributed by atoms with Crippen LogP contribution in [0.15, 0.2) is 0 Å². The molecule has 0 radical (unpaired) electrons. The van der Waals surface area contributed by atoms with Gasteiger partial charge in [-0.1, -0.05) is 13.8 Å². The van der Waals surface area contributed by atoms with Crippen LogP contribution in [-0.2, 0) is 24.0 Å². The van der Waals surface area contributed by atoms with Gasteiger partial charge in [-0.3, -0.25) is 24.0 Å². The van der Waals surface area contributed by atoms with Crippen LogP contribution < -0.4 is 33.2 Å². The SMILES string of the molecule is CC(C)CC(NC(=O)C(N)CC(N)=O)C(=O)NC(CCCCN)C(=O)NCC(=O)O. The minimum Gasteiger partial charge on any atom is -0.480 e. The summed E-state index contributed by atoms with van der Waals surface area (Å²) in [6.07, 6.45) is 1.28. The Morgan fingerprint density at radius 1 is 0.933 bits per heavy atom. The summed E-state index contributed by atoms with van der Waals surface area (Å²) in [7, 11) is 0. The van der Waals surface area contributed by atoms with Crippen molar-refractivity contribution in [2.75, 3.05) is 13.1 Å². The van der Waals surface area contributed by atoms with E-state index in [-0.39, 0.29) is 25.2 Å². The molecule has 3 unspecified atom stereocenters. The van der Waals surface area contributed by atoms with E-state index in [0.717, 1.165) is 0 Å². The quantitative estimate of drug-likeness (QED) is 0.138. The zero-order chi connectivity index (χ0) is 23.3. The van der Waals surface area contributed by atoms with E-state index < -0.39 is 54.3 Å². The predicted octanol–water partition coefficient (Wildman–Crippen LogP) is -2.47. The number of carboxylic acid groups (broad SMARTS) is 1. The summed E-state index contributed by atoms with van der Waals surface area (Å²) in [5.74, 6) is -3.94. The molecule has 0 aromatic heterocycles. The number of nitrogens with one attached hydrogen (secondary N) is 3. The maximum absolute atomic E-state index is 12.8. The summed E-state index contributed by atoms with van der Waals surface area (Å²) in [5, 5.41) is 16.0. The largest absolute Gasteiger partial charge is 0.480 e. The van der Waals surface area contributed by atoms with Crippen molar-refractivity contribution in [1.82, 2.24) is 16.0 Å². The number of hydrogen-bond acceptors (Lipinski definition) is 7. The summed E-state index contributed by atoms with van der Waals surface area (Å²) in [5.41, 5.74) is 16.1. The maximum Gasteiger partial charge on any atom is 0.322 e. The molecule has 0 aromatic carbocycles. The molecule has 10 N–H and O–H groups in total. The Morgan fingerprint density at radius 3 is 2.03 bits per heavy atom. The van der Waals surface area contributed by atoms with Gasteiger partial charge in [-0.05, 0) is 38.1 Å². The van der Waals surface area contributed by atoms with Crippen molar-refractivity contribution in [1.29, 1.82) is 0 Å². The van der Waals surface area contributed by atoms with Gasteiger partial charge in [0.1, 0.15) is 18.6 Å². The summed E-state index contributed by atoms with van der Waals surface area (Å²) in [6, 6.07) is -3.20. The number of amides is 4. The highest BCUT2D eigenvalue weighted by Gasteiger charge is 2.29. The van der Waals surface area contributed by atoms with Gasteiger partial charge in [0.25, 0.3) is 0 Å². The molecule has 3 atom stereocenters. The van der Waals surface area contributed by atoms with Gasteiger partial charge in [0.05, 0.1) is 12.5 Å². The third-order valence-corrected chi connectivity index (χ3v) is 4.09. The molecule has 0 saturated carbocycles. The van der Waals surface area contributed by atoms with Crippen LogP contribution in [-0.4, -0.2) is 65.9 Å². The summed E-state index contributed by atoms with van der Waals surface area (Å²) < 4.78 is 0. The Morgan fingerprint density at radius 2 is 1.53 bits per heavy atom. The number of carbonyl (C=O) groups is 5. The first-order valence-corrected chi connectivity index (χ1v) is 9.82. The van der Waals surface area contributed by atoms with Crippen molar-refractivity contribution in [3.63, 3.8) is 0 Å². The molecule has 0 saturated heterocycles. The number of carbonyl (C=O) groups excluding carboxylic acids is 4. The van der Waals surface area contributed by atoms with E-state index in [0.29, 0.717) is 19.4 Å². The monoisotopic (exact) mass is 430 g/mol. The highest BCUT2D eigenvalue weighted by atomic mass is 16.4. The molecule has 0 bridgehead atoms. The topological polar surface area (TPSA) is 220 Å². The zero-order valence-corrected chi connectivity index (χ0v) is 17.5. The van der Waals surface area contributed by atoms with Gasteiger partial charge in [-0.2, -0.15) is 0 Å². The van der Waals surface area contributed by atoms with E-state index in [1.54, 1.807) is 0 Å². The second kappa shape index (κ2) is 14.3. The third-order valence-electron chi connectivity index (χ3n) is 4.09. The number of unbranched alkanes of at least 4 members (excludes halogenated alkanes) is 1. The van der Waals surface area contributed by atoms with Gasteiger partial charge in [0.2, 0.25) is 23.6 Å². The molecule has 0 heterocycles. The Labute approximate surface area is 175 Å². The van der Waals surface area contributed by atoms with Crippen LogP contribution in [0.4, 0.5) is 0 Å². The third kappa shape index (κ3) is 12.0. The summed E-state index contributed by atoms with van der Waals surface area (Å²) in [4.78, 5) is 58.9. The van der Waals surface area contributed by atoms with Gasteiger partial charge >= 0.3 is 5.97 Å². The number of hydrogen-bond donors (Lipinski definition) is 7. The summed E-state index contributed by atoms with van der Waals surface area (Å²) in [6.45, 7) is 3.50. The van der Waals surface area contributed by atoms with Crippen molar-refractivity contribution < 1.29 is 29.1 Å². The fraction of sp³-hybridized carbons (Fsp3) is 0.722. The fourth-order valence-electron chi connectivity index (χ4n) is 2.61. The van der Waals surface area contributed by atoms with Crippen LogP contribution in [0.1, 0.15) is 46.0 Å². The number of primary amides is 1. The lowest BCUT2D eigenvalue weighted by Crippen LogP contribution is -2.56. The van der Waals surface area contributed by atoms with Crippen LogP contribution in [0.5, 0.6) is 0 Å². The predicted molar refractivity (Wildman–Crippen MR) is 109 cm³/mol. The van der Waals surface area contributed by atoms with Crippen molar-refractivity contribution >= 4 is 29.6 Å². The van der Waals surface area contributed by atoms with Crippen molar-refractivity contribution in [3.8, 4) is 0 Å². The number of nitrogens with two attached hydrogens (primary N) is 3. The van der Waals surface area contributed by atoms with Gasteiger partial charge in [-0.25, -0.2) is 0 Å². The Hall–Kier alpha value is -2.73. The van der Waals surface area contributed by atoms with E-state index in [4.69, 9.17) is 22.3 Å². The minimum absolute atomic E-state index is 0.0185. The standard InChI is InChI=1S/C18H34N6O6/c1-10(2)7-13(24-16(28)11(20)8-14(21)25)18(30)23-12(5-3-4-6-19)17(29)22-9-15(26)27/h10-13H,3-9,19-20H2,1-2H3,(H2,21,25)(H,22,29)(H,23,30)(H,24,28)(H,26,27). The Kier molecular flexibility index (Phi) is 13.0. The average molecular weight is 431 g/mol. The second-order valence-electron chi connectivity index (χ2n) is 7.42. The van der Waals surface area contributed by atoms with E-state index in [9.17, 15) is 24.0 Å². The van der Waals surface area contributed by atoms with Gasteiger partial charge in [-0.15, -0.1) is 0 Å². The Balaban J connectivity index is 5.23. The fourth-order valence-corrected chi connectivity index (χ4v) is 2.61. The molecule has 0 aliphatic rings. The molecule has 4 amide bonds. The number of aliphatic carboxylic acids is 1. The molecular weight excluding hydrogens is 396 g/mol. The molecule has 12 nitrogen and oxygen atoms in total. The zero-order valence-electron chi connectivity index (χ0n) is 17.5. The van der Waals surface area contributed by atoms with Crippen LogP contribution in [0.2, 0.25) is 0 Å². The van der Waals surface area contributed by atoms with Gasteiger partial charge in [0, 0.05) is 0 Å². The van der Waals surface area contributed by atoms with Gasteiger partial charge < -0.3 is 38.3 Å². The number of carboxylic acids is 1. The maximum atomic E-state index is 12.8. The minimum atomic E-state index is -1.22. The molecule has 0 fully saturated rings. The molecule has 12 heteroatoms. The summed E-state index contributed by atoms with van der Waals surface area (Å²) >= 11 is 0. The molecule has 30 heavy (non-hydrogen) atoms. The molecular formula is C18H34N6O6. The highest BCUT2D eigenvalue weighted by Crippen LogP contribution is 2.08. The molecule has 172 valence electrons. The lowest BCUT2D eigenvalue weighted by atomic mass is 10.0. The van der Waals surface area contributed by atoms with E-state index in [1.165, 1.54) is 0 Å². The molecule has 0 aliphatic carbocycles. The lowest BCUT2D eigenvalue weighted by Gasteiger charge is -2.25. The van der Waals surface area contributed by atoms with Crippen LogP contribution >= 0.6 is 0 Å². The van der Waals surface area contributed by atoms with Crippen LogP contribution in [0.25, 0.3) is 0 Å². The van der Waals surface area contributed by atoms with E-state index >= 15 is 0 Å². The first-order valence-electron chi connectivity index (χ1n) is 9.82. The van der Waals surface area contributed by atoms with Gasteiger partial charge in [0.15, 0.2) is 0 Å².